The zero-order valence-corrected chi connectivity index (χ0v) is 8.89. The molecule has 1 aromatic heterocycles. The Balaban J connectivity index is 3.40. The van der Waals surface area contributed by atoms with E-state index in [1.54, 1.807) is 0 Å². The summed E-state index contributed by atoms with van der Waals surface area (Å²) in [6.45, 7) is 1.37. The summed E-state index contributed by atoms with van der Waals surface area (Å²) in [6.07, 6.45) is -3.00. The third-order valence-electron chi connectivity index (χ3n) is 1.41. The van der Waals surface area contributed by atoms with Gasteiger partial charge in [0, 0.05) is 0 Å². The van der Waals surface area contributed by atoms with Crippen LogP contribution in [-0.4, -0.2) is 16.2 Å². The van der Waals surface area contributed by atoms with Crippen molar-refractivity contribution in [2.24, 2.45) is 0 Å². The fourth-order valence-corrected chi connectivity index (χ4v) is 1.91. The third-order valence-corrected chi connectivity index (χ3v) is 2.59. The fraction of sp³-hybridized carbons (Fsp3) is 0.429. The zero-order chi connectivity index (χ0) is 10.9. The van der Waals surface area contributed by atoms with Gasteiger partial charge in [0.2, 0.25) is 0 Å². The topological polar surface area (TPSA) is 25.8 Å². The van der Waals surface area contributed by atoms with E-state index in [2.05, 4.69) is 9.97 Å². The predicted octanol–water partition coefficient (Wildman–Crippen LogP) is 3.18. The van der Waals surface area contributed by atoms with E-state index in [0.717, 1.165) is 11.8 Å². The van der Waals surface area contributed by atoms with Crippen LogP contribution in [0, 0.1) is 6.92 Å². The molecule has 7 heteroatoms. The lowest BCUT2D eigenvalue weighted by atomic mass is 10.4. The fourth-order valence-electron chi connectivity index (χ4n) is 0.901. The van der Waals surface area contributed by atoms with Crippen molar-refractivity contribution in [1.29, 1.82) is 0 Å². The second-order valence-corrected chi connectivity index (χ2v) is 3.62. The van der Waals surface area contributed by atoms with Gasteiger partial charge in [-0.1, -0.05) is 11.6 Å². The number of hydrogen-bond donors (Lipinski definition) is 0. The van der Waals surface area contributed by atoms with E-state index in [1.807, 2.05) is 0 Å². The van der Waals surface area contributed by atoms with Crippen LogP contribution in [0.25, 0.3) is 0 Å². The SMILES string of the molecule is CSc1c(Cl)nc(C)nc1C(F)(F)F. The Morgan fingerprint density at radius 2 is 1.86 bits per heavy atom. The molecule has 0 bridgehead atoms. The van der Waals surface area contributed by atoms with E-state index in [0.29, 0.717) is 0 Å². The molecule has 1 rings (SSSR count). The normalized spacial score (nSPS) is 11.9. The van der Waals surface area contributed by atoms with E-state index < -0.39 is 11.9 Å². The highest BCUT2D eigenvalue weighted by atomic mass is 35.5. The number of hydrogen-bond acceptors (Lipinski definition) is 3. The molecule has 0 aromatic carbocycles. The zero-order valence-electron chi connectivity index (χ0n) is 7.31. The molecule has 0 N–H and O–H groups in total. The van der Waals surface area contributed by atoms with Gasteiger partial charge in [0.15, 0.2) is 5.69 Å². The molecule has 0 spiro atoms. The van der Waals surface area contributed by atoms with Crippen molar-refractivity contribution in [3.8, 4) is 0 Å². The van der Waals surface area contributed by atoms with Gasteiger partial charge in [0.05, 0.1) is 4.90 Å². The van der Waals surface area contributed by atoms with Gasteiger partial charge < -0.3 is 0 Å². The Labute approximate surface area is 87.9 Å². The van der Waals surface area contributed by atoms with Gasteiger partial charge in [-0.2, -0.15) is 13.2 Å². The second kappa shape index (κ2) is 3.94. The summed E-state index contributed by atoms with van der Waals surface area (Å²) < 4.78 is 37.3. The molecule has 0 unspecified atom stereocenters. The molecule has 78 valence electrons. The molecule has 0 radical (unpaired) electrons. The minimum absolute atomic E-state index is 0.0140. The molecule has 0 fully saturated rings. The van der Waals surface area contributed by atoms with Crippen LogP contribution in [0.5, 0.6) is 0 Å². The number of alkyl halides is 3. The molecule has 0 aliphatic carbocycles. The lowest BCUT2D eigenvalue weighted by Gasteiger charge is -2.11. The van der Waals surface area contributed by atoms with E-state index in [-0.39, 0.29) is 15.9 Å². The predicted molar refractivity (Wildman–Crippen MR) is 48.6 cm³/mol. The lowest BCUT2D eigenvalue weighted by Crippen LogP contribution is -2.12. The van der Waals surface area contributed by atoms with Crippen molar-refractivity contribution in [2.45, 2.75) is 18.0 Å². The smallest absolute Gasteiger partial charge is 0.227 e. The molecular weight excluding hydrogens is 237 g/mol. The van der Waals surface area contributed by atoms with Crippen molar-refractivity contribution >= 4 is 23.4 Å². The Morgan fingerprint density at radius 3 is 2.29 bits per heavy atom. The number of aromatic nitrogens is 2. The summed E-state index contributed by atoms with van der Waals surface area (Å²) in [6, 6.07) is 0. The molecule has 0 aliphatic rings. The van der Waals surface area contributed by atoms with Crippen molar-refractivity contribution in [3.63, 3.8) is 0 Å². The highest BCUT2D eigenvalue weighted by Gasteiger charge is 2.37. The van der Waals surface area contributed by atoms with Gasteiger partial charge in [-0.25, -0.2) is 9.97 Å². The number of nitrogens with zero attached hydrogens (tertiary/aromatic N) is 2. The number of thioether (sulfide) groups is 1. The molecule has 0 atom stereocenters. The quantitative estimate of drug-likeness (QED) is 0.559. The van der Waals surface area contributed by atoms with E-state index in [4.69, 9.17) is 11.6 Å². The van der Waals surface area contributed by atoms with Crippen LogP contribution in [0.4, 0.5) is 13.2 Å². The minimum atomic E-state index is -4.49. The van der Waals surface area contributed by atoms with Crippen LogP contribution in [0.15, 0.2) is 4.90 Å². The molecule has 0 aliphatic heterocycles. The van der Waals surface area contributed by atoms with Gasteiger partial charge in [0.25, 0.3) is 0 Å². The van der Waals surface area contributed by atoms with Crippen LogP contribution in [0.3, 0.4) is 0 Å². The lowest BCUT2D eigenvalue weighted by molar-refractivity contribution is -0.143. The molecule has 0 saturated heterocycles. The summed E-state index contributed by atoms with van der Waals surface area (Å²) in [7, 11) is 0. The molecule has 1 aromatic rings. The average Bonchev–Trinajstić information content (AvgIpc) is 2.01. The molecule has 0 amide bonds. The minimum Gasteiger partial charge on any atom is -0.227 e. The van der Waals surface area contributed by atoms with E-state index in [1.165, 1.54) is 13.2 Å². The molecule has 14 heavy (non-hydrogen) atoms. The Hall–Kier alpha value is -0.490. The Kier molecular flexibility index (Phi) is 3.26. The maximum absolute atomic E-state index is 12.4. The van der Waals surface area contributed by atoms with Gasteiger partial charge in [-0.05, 0) is 13.2 Å². The van der Waals surface area contributed by atoms with Gasteiger partial charge in [-0.3, -0.25) is 0 Å². The third kappa shape index (κ3) is 2.30. The largest absolute Gasteiger partial charge is 0.434 e. The molecule has 0 saturated carbocycles. The summed E-state index contributed by atoms with van der Waals surface area (Å²) in [5.74, 6) is 0.0140. The first kappa shape index (κ1) is 11.6. The van der Waals surface area contributed by atoms with Crippen LogP contribution in [0.1, 0.15) is 11.5 Å². The number of rotatable bonds is 1. The van der Waals surface area contributed by atoms with Crippen LogP contribution in [0.2, 0.25) is 5.15 Å². The standard InChI is InChI=1S/C7H6ClF3N2S/c1-3-12-5(7(9,10)11)4(14-2)6(8)13-3/h1-2H3. The number of aryl methyl sites for hydroxylation is 1. The first-order valence-corrected chi connectivity index (χ1v) is 5.12. The van der Waals surface area contributed by atoms with Crippen molar-refractivity contribution in [3.05, 3.63) is 16.7 Å². The van der Waals surface area contributed by atoms with Gasteiger partial charge >= 0.3 is 6.18 Å². The first-order chi connectivity index (χ1) is 6.36. The van der Waals surface area contributed by atoms with E-state index in [9.17, 15) is 13.2 Å². The van der Waals surface area contributed by atoms with Crippen molar-refractivity contribution in [1.82, 2.24) is 9.97 Å². The summed E-state index contributed by atoms with van der Waals surface area (Å²) in [4.78, 5) is 6.85. The average molecular weight is 243 g/mol. The maximum Gasteiger partial charge on any atom is 0.434 e. The number of halogens is 4. The van der Waals surface area contributed by atoms with E-state index >= 15 is 0 Å². The molecular formula is C7H6ClF3N2S. The summed E-state index contributed by atoms with van der Waals surface area (Å²) in [5, 5.41) is -0.155. The van der Waals surface area contributed by atoms with Crippen molar-refractivity contribution in [2.75, 3.05) is 6.26 Å². The Morgan fingerprint density at radius 1 is 1.29 bits per heavy atom. The summed E-state index contributed by atoms with van der Waals surface area (Å²) >= 11 is 6.45. The first-order valence-electron chi connectivity index (χ1n) is 3.51. The second-order valence-electron chi connectivity index (χ2n) is 2.44. The summed E-state index contributed by atoms with van der Waals surface area (Å²) in [5.41, 5.74) is -0.970. The Bertz CT molecular complexity index is 354. The van der Waals surface area contributed by atoms with Crippen LogP contribution < -0.4 is 0 Å². The van der Waals surface area contributed by atoms with Crippen LogP contribution in [-0.2, 0) is 6.18 Å². The van der Waals surface area contributed by atoms with Crippen molar-refractivity contribution < 1.29 is 13.2 Å². The monoisotopic (exact) mass is 242 g/mol. The maximum atomic E-state index is 12.4. The highest BCUT2D eigenvalue weighted by Crippen LogP contribution is 2.37. The highest BCUT2D eigenvalue weighted by molar-refractivity contribution is 7.98. The molecule has 1 heterocycles. The molecule has 2 nitrogen and oxygen atoms in total. The van der Waals surface area contributed by atoms with Crippen LogP contribution >= 0.6 is 23.4 Å². The van der Waals surface area contributed by atoms with Gasteiger partial charge in [-0.15, -0.1) is 11.8 Å². The van der Waals surface area contributed by atoms with Gasteiger partial charge in [0.1, 0.15) is 11.0 Å².